The van der Waals surface area contributed by atoms with Crippen LogP contribution in [0.4, 0.5) is 0 Å². The third kappa shape index (κ3) is 4.09. The minimum Gasteiger partial charge on any atom is -0.374 e. The topological polar surface area (TPSA) is 31.0 Å². The average Bonchev–Trinajstić information content (AvgIpc) is 3.33. The maximum absolute atomic E-state index is 6.15. The summed E-state index contributed by atoms with van der Waals surface area (Å²) < 4.78 is 6.15. The van der Waals surface area contributed by atoms with E-state index in [1.807, 2.05) is 0 Å². The standard InChI is InChI=1S/C22H42N4O/c1-20(2,3)26-15-18-19(16-26)27-14-13-24(18)11-8-21(4,5)25-12-9-22(17-25)7-6-10-23-22/h18-19,23H,6-17H2,1-5H3. The molecule has 0 aromatic carbocycles. The van der Waals surface area contributed by atoms with Crippen molar-refractivity contribution in [3.05, 3.63) is 0 Å². The van der Waals surface area contributed by atoms with Crippen LogP contribution in [-0.2, 0) is 4.74 Å². The summed E-state index contributed by atoms with van der Waals surface area (Å²) >= 11 is 0. The Morgan fingerprint density at radius 3 is 2.56 bits per heavy atom. The quantitative estimate of drug-likeness (QED) is 0.810. The summed E-state index contributed by atoms with van der Waals surface area (Å²) in [5.41, 5.74) is 0.952. The third-order valence-electron chi connectivity index (χ3n) is 7.92. The number of likely N-dealkylation sites (tertiary alicyclic amines) is 2. The SMILES string of the molecule is CC(C)(C)N1CC2OCCN(CCC(C)(C)N3CCC4(CCCN4)C3)C2C1. The lowest BCUT2D eigenvalue weighted by Crippen LogP contribution is -2.54. The number of morpholine rings is 1. The van der Waals surface area contributed by atoms with Crippen molar-refractivity contribution in [3.63, 3.8) is 0 Å². The molecule has 4 rings (SSSR count). The molecule has 4 aliphatic rings. The van der Waals surface area contributed by atoms with Crippen LogP contribution in [0.5, 0.6) is 0 Å². The molecule has 4 saturated heterocycles. The highest BCUT2D eigenvalue weighted by molar-refractivity contribution is 5.04. The van der Waals surface area contributed by atoms with Crippen LogP contribution in [0.3, 0.4) is 0 Å². The minimum absolute atomic E-state index is 0.240. The minimum atomic E-state index is 0.240. The summed E-state index contributed by atoms with van der Waals surface area (Å²) in [6.07, 6.45) is 5.71. The van der Waals surface area contributed by atoms with Gasteiger partial charge in [0.1, 0.15) is 0 Å². The molecule has 0 aromatic rings. The van der Waals surface area contributed by atoms with Gasteiger partial charge >= 0.3 is 0 Å². The van der Waals surface area contributed by atoms with E-state index in [1.54, 1.807) is 0 Å². The van der Waals surface area contributed by atoms with Crippen molar-refractivity contribution in [2.75, 3.05) is 52.4 Å². The monoisotopic (exact) mass is 378 g/mol. The van der Waals surface area contributed by atoms with Crippen LogP contribution in [0.2, 0.25) is 0 Å². The molecule has 4 fully saturated rings. The molecule has 0 aliphatic carbocycles. The van der Waals surface area contributed by atoms with Crippen LogP contribution < -0.4 is 5.32 Å². The Morgan fingerprint density at radius 2 is 1.85 bits per heavy atom. The summed E-state index contributed by atoms with van der Waals surface area (Å²) in [7, 11) is 0. The maximum atomic E-state index is 6.15. The van der Waals surface area contributed by atoms with Gasteiger partial charge in [-0.05, 0) is 66.8 Å². The molecule has 4 heterocycles. The zero-order valence-electron chi connectivity index (χ0n) is 18.4. The van der Waals surface area contributed by atoms with Gasteiger partial charge in [-0.1, -0.05) is 0 Å². The van der Waals surface area contributed by atoms with Gasteiger partial charge in [-0.25, -0.2) is 0 Å². The summed E-state index contributed by atoms with van der Waals surface area (Å²) in [5.74, 6) is 0. The highest BCUT2D eigenvalue weighted by atomic mass is 16.5. The van der Waals surface area contributed by atoms with E-state index in [0.717, 1.165) is 26.2 Å². The first-order chi connectivity index (χ1) is 12.7. The van der Waals surface area contributed by atoms with E-state index >= 15 is 0 Å². The molecule has 1 spiro atoms. The van der Waals surface area contributed by atoms with Gasteiger partial charge in [0.05, 0.1) is 12.7 Å². The number of nitrogens with zero attached hydrogens (tertiary/aromatic N) is 3. The van der Waals surface area contributed by atoms with Gasteiger partial charge in [-0.3, -0.25) is 14.7 Å². The van der Waals surface area contributed by atoms with Crippen molar-refractivity contribution in [1.29, 1.82) is 0 Å². The van der Waals surface area contributed by atoms with Gasteiger partial charge in [-0.2, -0.15) is 0 Å². The number of hydrogen-bond donors (Lipinski definition) is 1. The van der Waals surface area contributed by atoms with E-state index in [1.165, 1.54) is 51.9 Å². The smallest absolute Gasteiger partial charge is 0.0870 e. The number of nitrogens with one attached hydrogen (secondary N) is 1. The fourth-order valence-corrected chi connectivity index (χ4v) is 5.77. The van der Waals surface area contributed by atoms with Gasteiger partial charge in [0.25, 0.3) is 0 Å². The first-order valence-electron chi connectivity index (χ1n) is 11.3. The predicted molar refractivity (Wildman–Crippen MR) is 111 cm³/mol. The first kappa shape index (κ1) is 20.1. The van der Waals surface area contributed by atoms with Crippen molar-refractivity contribution in [2.45, 2.75) is 89.1 Å². The molecule has 27 heavy (non-hydrogen) atoms. The molecular formula is C22H42N4O. The van der Waals surface area contributed by atoms with Crippen molar-refractivity contribution in [2.24, 2.45) is 0 Å². The summed E-state index contributed by atoms with van der Waals surface area (Å²) in [6, 6.07) is 0.579. The van der Waals surface area contributed by atoms with E-state index in [4.69, 9.17) is 4.74 Å². The highest BCUT2D eigenvalue weighted by Gasteiger charge is 2.46. The van der Waals surface area contributed by atoms with Crippen molar-refractivity contribution < 1.29 is 4.74 Å². The fourth-order valence-electron chi connectivity index (χ4n) is 5.77. The molecule has 0 amide bonds. The Balaban J connectivity index is 1.33. The molecule has 5 heteroatoms. The molecular weight excluding hydrogens is 336 g/mol. The second kappa shape index (κ2) is 7.24. The van der Waals surface area contributed by atoms with E-state index in [9.17, 15) is 0 Å². The molecule has 0 radical (unpaired) electrons. The summed E-state index contributed by atoms with van der Waals surface area (Å²) in [5, 5.41) is 3.81. The number of fused-ring (bicyclic) bond motifs is 1. The Morgan fingerprint density at radius 1 is 1.04 bits per heavy atom. The highest BCUT2D eigenvalue weighted by Crippen LogP contribution is 2.35. The van der Waals surface area contributed by atoms with E-state index in [2.05, 4.69) is 54.6 Å². The fraction of sp³-hybridized carbons (Fsp3) is 1.00. The van der Waals surface area contributed by atoms with Gasteiger partial charge < -0.3 is 10.1 Å². The van der Waals surface area contributed by atoms with Crippen molar-refractivity contribution in [1.82, 2.24) is 20.0 Å². The Kier molecular flexibility index (Phi) is 5.39. The van der Waals surface area contributed by atoms with E-state index in [0.29, 0.717) is 17.7 Å². The van der Waals surface area contributed by atoms with Crippen molar-refractivity contribution in [3.8, 4) is 0 Å². The lowest BCUT2D eigenvalue weighted by Gasteiger charge is -2.42. The second-order valence-electron chi connectivity index (χ2n) is 11.1. The van der Waals surface area contributed by atoms with Crippen molar-refractivity contribution >= 4 is 0 Å². The lowest BCUT2D eigenvalue weighted by atomic mass is 9.95. The molecule has 5 nitrogen and oxygen atoms in total. The second-order valence-corrected chi connectivity index (χ2v) is 11.1. The van der Waals surface area contributed by atoms with Crippen LogP contribution in [0, 0.1) is 0 Å². The third-order valence-corrected chi connectivity index (χ3v) is 7.92. The predicted octanol–water partition coefficient (Wildman–Crippen LogP) is 2.17. The Bertz CT molecular complexity index is 523. The maximum Gasteiger partial charge on any atom is 0.0870 e. The van der Waals surface area contributed by atoms with Gasteiger partial charge in [-0.15, -0.1) is 0 Å². The zero-order chi connectivity index (χ0) is 19.3. The van der Waals surface area contributed by atoms with Gasteiger partial charge in [0, 0.05) is 61.9 Å². The molecule has 3 atom stereocenters. The first-order valence-corrected chi connectivity index (χ1v) is 11.3. The number of ether oxygens (including phenoxy) is 1. The number of hydrogen-bond acceptors (Lipinski definition) is 5. The van der Waals surface area contributed by atoms with Crippen LogP contribution in [0.15, 0.2) is 0 Å². The Hall–Kier alpha value is -0.200. The largest absolute Gasteiger partial charge is 0.374 e. The van der Waals surface area contributed by atoms with Crippen LogP contribution in [0.1, 0.15) is 60.3 Å². The van der Waals surface area contributed by atoms with E-state index in [-0.39, 0.29) is 11.1 Å². The lowest BCUT2D eigenvalue weighted by molar-refractivity contribution is -0.0517. The molecule has 0 aromatic heterocycles. The summed E-state index contributed by atoms with van der Waals surface area (Å²) in [6.45, 7) is 21.1. The molecule has 0 saturated carbocycles. The number of rotatable bonds is 4. The normalized spacial score (nSPS) is 36.8. The van der Waals surface area contributed by atoms with Gasteiger partial charge in [0.2, 0.25) is 0 Å². The van der Waals surface area contributed by atoms with E-state index < -0.39 is 0 Å². The molecule has 0 bridgehead atoms. The molecule has 1 N–H and O–H groups in total. The van der Waals surface area contributed by atoms with Gasteiger partial charge in [0.15, 0.2) is 0 Å². The summed E-state index contributed by atoms with van der Waals surface area (Å²) in [4.78, 5) is 8.11. The average molecular weight is 379 g/mol. The molecule has 156 valence electrons. The zero-order valence-corrected chi connectivity index (χ0v) is 18.4. The van der Waals surface area contributed by atoms with Crippen LogP contribution in [0.25, 0.3) is 0 Å². The molecule has 3 unspecified atom stereocenters. The van der Waals surface area contributed by atoms with Crippen LogP contribution in [-0.4, -0.2) is 95.9 Å². The molecule has 4 aliphatic heterocycles. The Labute approximate surface area is 166 Å². The van der Waals surface area contributed by atoms with Crippen LogP contribution >= 0.6 is 0 Å².